The molecule has 3 nitrogen and oxygen atoms in total. The summed E-state index contributed by atoms with van der Waals surface area (Å²) >= 11 is 0. The van der Waals surface area contributed by atoms with Gasteiger partial charge in [0.05, 0.1) is 21.4 Å². The van der Waals surface area contributed by atoms with E-state index in [1.165, 1.54) is 0 Å². The highest BCUT2D eigenvalue weighted by Crippen LogP contribution is 2.34. The molecule has 1 aromatic rings. The van der Waals surface area contributed by atoms with Crippen LogP contribution in [0.4, 0.5) is 0 Å². The van der Waals surface area contributed by atoms with Gasteiger partial charge in [-0.05, 0) is 31.9 Å². The lowest BCUT2D eigenvalue weighted by molar-refractivity contribution is 0.141. The van der Waals surface area contributed by atoms with Gasteiger partial charge in [0, 0.05) is 12.5 Å². The largest absolute Gasteiger partial charge is 0.488 e. The summed E-state index contributed by atoms with van der Waals surface area (Å²) in [7, 11) is -0.401. The molecule has 1 unspecified atom stereocenters. The lowest BCUT2D eigenvalue weighted by Gasteiger charge is -2.16. The summed E-state index contributed by atoms with van der Waals surface area (Å²) in [5, 5.41) is 0. The third-order valence-corrected chi connectivity index (χ3v) is 3.19. The van der Waals surface area contributed by atoms with Gasteiger partial charge in [-0.1, -0.05) is 6.07 Å². The monoisotopic (exact) mass is 288 g/mol. The Morgan fingerprint density at radius 1 is 1.33 bits per heavy atom. The summed E-state index contributed by atoms with van der Waals surface area (Å²) in [6, 6.07) is 6.02. The van der Waals surface area contributed by atoms with Gasteiger partial charge < -0.3 is 14.0 Å². The molecule has 2 rings (SSSR count). The van der Waals surface area contributed by atoms with Crippen LogP contribution in [-0.4, -0.2) is 32.6 Å². The maximum atomic E-state index is 5.85. The topological polar surface area (TPSA) is 27.7 Å². The lowest BCUT2D eigenvalue weighted by Crippen LogP contribution is -2.15. The Bertz CT molecular complexity index is 376. The van der Waals surface area contributed by atoms with Gasteiger partial charge >= 0.3 is 0 Å². The first-order chi connectivity index (χ1) is 8.15. The zero-order valence-corrected chi connectivity index (χ0v) is 13.6. The number of rotatable bonds is 4. The van der Waals surface area contributed by atoms with E-state index >= 15 is 0 Å². The van der Waals surface area contributed by atoms with Gasteiger partial charge in [0.2, 0.25) is 0 Å². The fraction of sp³-hybridized carbons (Fsp3) is 0.538. The Hall–Kier alpha value is -0.360. The summed E-state index contributed by atoms with van der Waals surface area (Å²) in [4.78, 5) is 0. The van der Waals surface area contributed by atoms with Crippen LogP contribution in [-0.2, 0) is 4.74 Å². The average Bonchev–Trinajstić information content (AvgIpc) is 2.75. The number of ether oxygens (including phenoxy) is 2. The van der Waals surface area contributed by atoms with Crippen molar-refractivity contribution < 1.29 is 14.0 Å². The molecule has 0 N–H and O–H groups in total. The number of benzene rings is 1. The van der Waals surface area contributed by atoms with Crippen LogP contribution in [0.15, 0.2) is 18.2 Å². The van der Waals surface area contributed by atoms with Crippen LogP contribution >= 0.6 is 18.0 Å². The molecule has 1 heterocycles. The molecule has 1 aromatic carbocycles. The van der Waals surface area contributed by atoms with Crippen molar-refractivity contribution in [3.63, 3.8) is 0 Å². The molecular formula is C13H22O3P2. The third-order valence-electron chi connectivity index (χ3n) is 2.63. The van der Waals surface area contributed by atoms with E-state index in [9.17, 15) is 0 Å². The normalized spacial score (nSPS) is 18.6. The SMILES string of the molecule is Cc1ccc(O[C@H]2CCOC2)cc1OP(C)C.P. The molecule has 2 atom stereocenters. The second-order valence-electron chi connectivity index (χ2n) is 4.43. The first kappa shape index (κ1) is 15.7. The van der Waals surface area contributed by atoms with Gasteiger partial charge in [0.15, 0.2) is 0 Å². The second kappa shape index (κ2) is 7.28. The van der Waals surface area contributed by atoms with Crippen molar-refractivity contribution in [2.45, 2.75) is 19.4 Å². The van der Waals surface area contributed by atoms with Crippen LogP contribution in [0.5, 0.6) is 11.5 Å². The van der Waals surface area contributed by atoms with Crippen molar-refractivity contribution in [3.8, 4) is 11.5 Å². The van der Waals surface area contributed by atoms with Crippen LogP contribution in [0.25, 0.3) is 0 Å². The van der Waals surface area contributed by atoms with Crippen molar-refractivity contribution in [2.75, 3.05) is 26.5 Å². The zero-order chi connectivity index (χ0) is 12.3. The van der Waals surface area contributed by atoms with Crippen LogP contribution in [0.2, 0.25) is 0 Å². The standard InChI is InChI=1S/C13H19O3P.H3P/c1-10-4-5-11(8-13(10)16-17(2)3)15-12-6-7-14-9-12;/h4-5,8,12H,6-7,9H2,1-3H3;1H3/t12-;/m0./s1. The highest BCUT2D eigenvalue weighted by atomic mass is 31.1. The van der Waals surface area contributed by atoms with Crippen molar-refractivity contribution >= 4 is 18.0 Å². The predicted octanol–water partition coefficient (Wildman–Crippen LogP) is 3.26. The molecule has 0 bridgehead atoms. The summed E-state index contributed by atoms with van der Waals surface area (Å²) in [6.45, 7) is 7.73. The van der Waals surface area contributed by atoms with E-state index in [-0.39, 0.29) is 16.0 Å². The molecule has 0 aromatic heterocycles. The fourth-order valence-electron chi connectivity index (χ4n) is 1.75. The Kier molecular flexibility index (Phi) is 6.35. The van der Waals surface area contributed by atoms with Gasteiger partial charge in [-0.2, -0.15) is 9.90 Å². The molecule has 102 valence electrons. The Balaban J connectivity index is 0.00000162. The highest BCUT2D eigenvalue weighted by molar-refractivity contribution is 7.51. The number of aryl methyl sites for hydroxylation is 1. The maximum absolute atomic E-state index is 5.85. The van der Waals surface area contributed by atoms with Gasteiger partial charge in [0.25, 0.3) is 0 Å². The number of hydrogen-bond acceptors (Lipinski definition) is 3. The number of hydrogen-bond donors (Lipinski definition) is 0. The summed E-state index contributed by atoms with van der Waals surface area (Å²) in [6.07, 6.45) is 1.16. The Morgan fingerprint density at radius 2 is 2.11 bits per heavy atom. The van der Waals surface area contributed by atoms with Crippen LogP contribution in [0, 0.1) is 6.92 Å². The van der Waals surface area contributed by atoms with Crippen molar-refractivity contribution in [3.05, 3.63) is 23.8 Å². The summed E-state index contributed by atoms with van der Waals surface area (Å²) < 4.78 is 17.0. The summed E-state index contributed by atoms with van der Waals surface area (Å²) in [5.41, 5.74) is 1.15. The minimum atomic E-state index is -0.401. The van der Waals surface area contributed by atoms with E-state index in [0.29, 0.717) is 6.61 Å². The quantitative estimate of drug-likeness (QED) is 0.796. The smallest absolute Gasteiger partial charge is 0.129 e. The van der Waals surface area contributed by atoms with Crippen molar-refractivity contribution in [1.82, 2.24) is 0 Å². The molecule has 0 aliphatic carbocycles. The molecule has 0 saturated carbocycles. The zero-order valence-electron chi connectivity index (χ0n) is 11.3. The second-order valence-corrected chi connectivity index (χ2v) is 6.24. The minimum absolute atomic E-state index is 0. The van der Waals surface area contributed by atoms with E-state index in [1.54, 1.807) is 0 Å². The van der Waals surface area contributed by atoms with Crippen LogP contribution in [0.1, 0.15) is 12.0 Å². The van der Waals surface area contributed by atoms with E-state index in [0.717, 1.165) is 30.1 Å². The van der Waals surface area contributed by atoms with Gasteiger partial charge in [0.1, 0.15) is 17.6 Å². The predicted molar refractivity (Wildman–Crippen MR) is 81.5 cm³/mol. The molecule has 1 fully saturated rings. The van der Waals surface area contributed by atoms with Crippen LogP contribution in [0.3, 0.4) is 0 Å². The highest BCUT2D eigenvalue weighted by Gasteiger charge is 2.17. The lowest BCUT2D eigenvalue weighted by atomic mass is 10.2. The molecule has 0 amide bonds. The molecule has 1 aliphatic heterocycles. The fourth-order valence-corrected chi connectivity index (χ4v) is 2.34. The summed E-state index contributed by atoms with van der Waals surface area (Å²) in [5.74, 6) is 1.80. The van der Waals surface area contributed by atoms with Gasteiger partial charge in [-0.25, -0.2) is 0 Å². The molecule has 5 heteroatoms. The first-order valence-electron chi connectivity index (χ1n) is 5.85. The van der Waals surface area contributed by atoms with Gasteiger partial charge in [-0.15, -0.1) is 0 Å². The molecule has 1 aliphatic rings. The van der Waals surface area contributed by atoms with E-state index in [4.69, 9.17) is 14.0 Å². The van der Waals surface area contributed by atoms with E-state index in [1.807, 2.05) is 18.2 Å². The Labute approximate surface area is 114 Å². The molecule has 1 saturated heterocycles. The van der Waals surface area contributed by atoms with Crippen molar-refractivity contribution in [2.24, 2.45) is 0 Å². The van der Waals surface area contributed by atoms with Gasteiger partial charge in [-0.3, -0.25) is 0 Å². The average molecular weight is 288 g/mol. The van der Waals surface area contributed by atoms with Crippen LogP contribution < -0.4 is 9.26 Å². The minimum Gasteiger partial charge on any atom is -0.488 e. The molecule has 0 radical (unpaired) electrons. The maximum Gasteiger partial charge on any atom is 0.129 e. The van der Waals surface area contributed by atoms with Crippen molar-refractivity contribution in [1.29, 1.82) is 0 Å². The third kappa shape index (κ3) is 4.39. The molecule has 0 spiro atoms. The van der Waals surface area contributed by atoms with E-state index in [2.05, 4.69) is 20.3 Å². The Morgan fingerprint density at radius 3 is 2.72 bits per heavy atom. The molecule has 18 heavy (non-hydrogen) atoms. The van der Waals surface area contributed by atoms with E-state index < -0.39 is 8.15 Å². The first-order valence-corrected chi connectivity index (χ1v) is 8.01. The molecular weight excluding hydrogens is 266 g/mol.